The van der Waals surface area contributed by atoms with Crippen molar-refractivity contribution >= 4 is 5.65 Å². The third-order valence-corrected chi connectivity index (χ3v) is 4.52. The van der Waals surface area contributed by atoms with Crippen molar-refractivity contribution < 1.29 is 0 Å². The lowest BCUT2D eigenvalue weighted by Crippen LogP contribution is -2.22. The fourth-order valence-electron chi connectivity index (χ4n) is 3.21. The summed E-state index contributed by atoms with van der Waals surface area (Å²) in [7, 11) is 0. The van der Waals surface area contributed by atoms with Crippen molar-refractivity contribution in [2.75, 3.05) is 0 Å². The molecule has 4 rings (SSSR count). The Morgan fingerprint density at radius 1 is 1.23 bits per heavy atom. The Bertz CT molecular complexity index is 901. The van der Waals surface area contributed by atoms with Crippen LogP contribution in [0.4, 0.5) is 0 Å². The molecule has 3 aromatic rings. The molecule has 1 fully saturated rings. The van der Waals surface area contributed by atoms with Gasteiger partial charge in [0.1, 0.15) is 0 Å². The number of H-pyrrole nitrogens is 1. The van der Waals surface area contributed by atoms with Gasteiger partial charge >= 0.3 is 0 Å². The van der Waals surface area contributed by atoms with Crippen LogP contribution in [0.15, 0.2) is 35.1 Å². The zero-order valence-corrected chi connectivity index (χ0v) is 12.9. The first-order valence-corrected chi connectivity index (χ1v) is 7.80. The number of aryl methyl sites for hydroxylation is 2. The molecular weight excluding hydrogens is 274 g/mol. The summed E-state index contributed by atoms with van der Waals surface area (Å²) in [4.78, 5) is 17.6. The summed E-state index contributed by atoms with van der Waals surface area (Å²) in [5.41, 5.74) is 5.90. The lowest BCUT2D eigenvalue weighted by molar-refractivity contribution is 0.847. The summed E-state index contributed by atoms with van der Waals surface area (Å²) in [6.07, 6.45) is 3.03. The minimum atomic E-state index is 0.0290. The average molecular weight is 293 g/mol. The van der Waals surface area contributed by atoms with Gasteiger partial charge in [0.25, 0.3) is 5.56 Å². The molecule has 0 aliphatic heterocycles. The van der Waals surface area contributed by atoms with E-state index in [-0.39, 0.29) is 5.56 Å². The summed E-state index contributed by atoms with van der Waals surface area (Å²) >= 11 is 0. The number of nitrogens with zero attached hydrogens (tertiary/aromatic N) is 2. The van der Waals surface area contributed by atoms with Gasteiger partial charge < -0.3 is 0 Å². The second-order valence-electron chi connectivity index (χ2n) is 6.23. The highest BCUT2D eigenvalue weighted by Crippen LogP contribution is 2.42. The summed E-state index contributed by atoms with van der Waals surface area (Å²) in [6, 6.07) is 10.1. The number of hydrogen-bond acceptors (Lipinski definition) is 2. The van der Waals surface area contributed by atoms with Gasteiger partial charge in [-0.1, -0.05) is 30.3 Å². The zero-order valence-electron chi connectivity index (χ0n) is 12.9. The van der Waals surface area contributed by atoms with Crippen molar-refractivity contribution in [3.63, 3.8) is 0 Å². The maximum Gasteiger partial charge on any atom is 0.276 e. The van der Waals surface area contributed by atoms with Crippen LogP contribution in [0.25, 0.3) is 5.65 Å². The molecule has 0 saturated heterocycles. The molecule has 0 spiro atoms. The van der Waals surface area contributed by atoms with Crippen LogP contribution in [-0.4, -0.2) is 14.6 Å². The number of fused-ring (bicyclic) bond motifs is 1. The van der Waals surface area contributed by atoms with Crippen LogP contribution in [0.3, 0.4) is 0 Å². The minimum Gasteiger partial charge on any atom is -0.294 e. The van der Waals surface area contributed by atoms with Crippen LogP contribution in [-0.2, 0) is 6.42 Å². The third kappa shape index (κ3) is 2.06. The maximum atomic E-state index is 12.9. The Morgan fingerprint density at radius 3 is 2.64 bits per heavy atom. The molecule has 4 heteroatoms. The Kier molecular flexibility index (Phi) is 2.93. The average Bonchev–Trinajstić information content (AvgIpc) is 3.28. The zero-order chi connectivity index (χ0) is 15.3. The standard InChI is InChI=1S/C18H19N3O/c1-11-15(10-13-6-4-3-5-7-13)18(22)21-17(19-11)16(12(2)20-21)14-8-9-14/h3-7,14,20H,8-10H2,1-2H3. The van der Waals surface area contributed by atoms with Crippen LogP contribution in [0.1, 0.15) is 46.8 Å². The molecule has 112 valence electrons. The Hall–Kier alpha value is -2.36. The maximum absolute atomic E-state index is 12.9. The van der Waals surface area contributed by atoms with Crippen LogP contribution < -0.4 is 5.56 Å². The molecule has 1 aromatic carbocycles. The predicted octanol–water partition coefficient (Wildman–Crippen LogP) is 3.11. The van der Waals surface area contributed by atoms with Gasteiger partial charge in [0.05, 0.1) is 0 Å². The number of aromatic amines is 1. The van der Waals surface area contributed by atoms with Crippen molar-refractivity contribution in [1.82, 2.24) is 14.6 Å². The van der Waals surface area contributed by atoms with Crippen molar-refractivity contribution in [3.8, 4) is 0 Å². The molecule has 2 aromatic heterocycles. The molecule has 0 amide bonds. The van der Waals surface area contributed by atoms with E-state index in [2.05, 4.69) is 5.10 Å². The smallest absolute Gasteiger partial charge is 0.276 e. The Labute approximate surface area is 128 Å². The summed E-state index contributed by atoms with van der Waals surface area (Å²) in [5.74, 6) is 0.576. The molecule has 0 unspecified atom stereocenters. The van der Waals surface area contributed by atoms with Gasteiger partial charge in [-0.25, -0.2) is 9.50 Å². The van der Waals surface area contributed by atoms with Crippen LogP contribution in [0, 0.1) is 13.8 Å². The van der Waals surface area contributed by atoms with Gasteiger partial charge in [0.15, 0.2) is 5.65 Å². The van der Waals surface area contributed by atoms with Crippen molar-refractivity contribution in [3.05, 3.63) is 68.8 Å². The number of rotatable bonds is 3. The van der Waals surface area contributed by atoms with E-state index in [1.165, 1.54) is 18.4 Å². The molecule has 0 atom stereocenters. The SMILES string of the molecule is Cc1nc2c(C3CC3)c(C)[nH]n2c(=O)c1Cc1ccccc1. The number of benzene rings is 1. The lowest BCUT2D eigenvalue weighted by atomic mass is 10.0. The highest BCUT2D eigenvalue weighted by atomic mass is 16.1. The van der Waals surface area contributed by atoms with Gasteiger partial charge in [-0.15, -0.1) is 0 Å². The first kappa shape index (κ1) is 13.3. The fourth-order valence-corrected chi connectivity index (χ4v) is 3.21. The minimum absolute atomic E-state index is 0.0290. The van der Waals surface area contributed by atoms with Gasteiger partial charge in [-0.3, -0.25) is 9.89 Å². The summed E-state index contributed by atoms with van der Waals surface area (Å²) in [5, 5.41) is 3.21. The topological polar surface area (TPSA) is 50.2 Å². The molecular formula is C18H19N3O. The number of aromatic nitrogens is 3. The van der Waals surface area contributed by atoms with Gasteiger partial charge in [0, 0.05) is 28.9 Å². The molecule has 4 nitrogen and oxygen atoms in total. The second kappa shape index (κ2) is 4.83. The first-order chi connectivity index (χ1) is 10.6. The van der Waals surface area contributed by atoms with Gasteiger partial charge in [0.2, 0.25) is 0 Å². The van der Waals surface area contributed by atoms with Gasteiger partial charge in [-0.2, -0.15) is 0 Å². The largest absolute Gasteiger partial charge is 0.294 e. The molecule has 0 radical (unpaired) electrons. The van der Waals surface area contributed by atoms with Crippen LogP contribution in [0.5, 0.6) is 0 Å². The Morgan fingerprint density at radius 2 is 1.95 bits per heavy atom. The van der Waals surface area contributed by atoms with E-state index in [0.717, 1.165) is 28.2 Å². The quantitative estimate of drug-likeness (QED) is 0.806. The van der Waals surface area contributed by atoms with Crippen LogP contribution >= 0.6 is 0 Å². The molecule has 1 saturated carbocycles. The van der Waals surface area contributed by atoms with E-state index in [9.17, 15) is 4.79 Å². The first-order valence-electron chi connectivity index (χ1n) is 7.80. The van der Waals surface area contributed by atoms with E-state index in [1.807, 2.05) is 44.2 Å². The van der Waals surface area contributed by atoms with E-state index in [1.54, 1.807) is 4.52 Å². The normalized spacial score (nSPS) is 14.6. The highest BCUT2D eigenvalue weighted by Gasteiger charge is 2.30. The third-order valence-electron chi connectivity index (χ3n) is 4.52. The van der Waals surface area contributed by atoms with E-state index in [4.69, 9.17) is 4.98 Å². The molecule has 1 aliphatic carbocycles. The van der Waals surface area contributed by atoms with Crippen molar-refractivity contribution in [1.29, 1.82) is 0 Å². The van der Waals surface area contributed by atoms with E-state index < -0.39 is 0 Å². The van der Waals surface area contributed by atoms with Crippen molar-refractivity contribution in [2.24, 2.45) is 0 Å². The molecule has 2 heterocycles. The molecule has 22 heavy (non-hydrogen) atoms. The second-order valence-corrected chi connectivity index (χ2v) is 6.23. The highest BCUT2D eigenvalue weighted by molar-refractivity contribution is 5.54. The van der Waals surface area contributed by atoms with Crippen LogP contribution in [0.2, 0.25) is 0 Å². The molecule has 1 aliphatic rings. The fraction of sp³-hybridized carbons (Fsp3) is 0.333. The van der Waals surface area contributed by atoms with E-state index >= 15 is 0 Å². The monoisotopic (exact) mass is 293 g/mol. The lowest BCUT2D eigenvalue weighted by Gasteiger charge is -2.06. The summed E-state index contributed by atoms with van der Waals surface area (Å²) in [6.45, 7) is 3.98. The predicted molar refractivity (Wildman–Crippen MR) is 86.5 cm³/mol. The number of hydrogen-bond donors (Lipinski definition) is 1. The van der Waals surface area contributed by atoms with E-state index in [0.29, 0.717) is 12.3 Å². The molecule has 1 N–H and O–H groups in total. The van der Waals surface area contributed by atoms with Gasteiger partial charge in [-0.05, 0) is 38.2 Å². The van der Waals surface area contributed by atoms with Crippen molar-refractivity contribution in [2.45, 2.75) is 39.0 Å². The molecule has 0 bridgehead atoms. The summed E-state index contributed by atoms with van der Waals surface area (Å²) < 4.78 is 1.63. The number of nitrogens with one attached hydrogen (secondary N) is 1. The Balaban J connectivity index is 1.88.